The van der Waals surface area contributed by atoms with Gasteiger partial charge in [-0.2, -0.15) is 4.89 Å². The Morgan fingerprint density at radius 2 is 1.21 bits per heavy atom. The normalized spacial score (nSPS) is 10.7. The average molecular weight is 394 g/mol. The predicted molar refractivity (Wildman–Crippen MR) is 112 cm³/mol. The summed E-state index contributed by atoms with van der Waals surface area (Å²) in [5.41, 5.74) is 0.336. The van der Waals surface area contributed by atoms with Crippen LogP contribution in [0.25, 0.3) is 0 Å². The third kappa shape index (κ3) is 11.2. The zero-order valence-corrected chi connectivity index (χ0v) is 17.7. The number of benzene rings is 1. The van der Waals surface area contributed by atoms with E-state index in [4.69, 9.17) is 19.2 Å². The van der Waals surface area contributed by atoms with Crippen LogP contribution in [0.3, 0.4) is 0 Å². The summed E-state index contributed by atoms with van der Waals surface area (Å²) >= 11 is 0. The molecule has 0 aliphatic heterocycles. The number of methoxy groups -OCH3 is 2. The molecule has 0 heterocycles. The first-order chi connectivity index (χ1) is 13.7. The van der Waals surface area contributed by atoms with Gasteiger partial charge in [-0.3, -0.25) is 4.89 Å². The maximum atomic E-state index is 12.0. The van der Waals surface area contributed by atoms with E-state index in [1.807, 2.05) is 0 Å². The van der Waals surface area contributed by atoms with Gasteiger partial charge in [0.1, 0.15) is 11.5 Å². The maximum Gasteiger partial charge on any atom is 0.373 e. The molecular weight excluding hydrogens is 356 g/mol. The Kier molecular flexibility index (Phi) is 14.1. The minimum atomic E-state index is -0.549. The second-order valence-corrected chi connectivity index (χ2v) is 7.04. The van der Waals surface area contributed by atoms with Gasteiger partial charge in [-0.1, -0.05) is 77.6 Å². The summed E-state index contributed by atoms with van der Waals surface area (Å²) < 4.78 is 10.3. The van der Waals surface area contributed by atoms with Crippen LogP contribution in [0.4, 0.5) is 0 Å². The second kappa shape index (κ2) is 16.2. The van der Waals surface area contributed by atoms with Crippen LogP contribution in [0.1, 0.15) is 87.4 Å². The zero-order valence-electron chi connectivity index (χ0n) is 17.7. The SMILES string of the molecule is [CH2]CCCCCCCCCCCCCOOC(=O)c1cc(OC)cc(OC)c1. The maximum absolute atomic E-state index is 12.0. The lowest BCUT2D eigenvalue weighted by Gasteiger charge is -2.08. The summed E-state index contributed by atoms with van der Waals surface area (Å²) in [6, 6.07) is 4.88. The minimum absolute atomic E-state index is 0.336. The molecule has 0 N–H and O–H groups in total. The van der Waals surface area contributed by atoms with Crippen LogP contribution in [0.5, 0.6) is 11.5 Å². The molecule has 5 nitrogen and oxygen atoms in total. The monoisotopic (exact) mass is 393 g/mol. The number of hydrogen-bond donors (Lipinski definition) is 0. The number of unbranched alkanes of at least 4 members (excludes halogenated alkanes) is 11. The Bertz CT molecular complexity index is 507. The molecule has 0 aliphatic carbocycles. The van der Waals surface area contributed by atoms with Gasteiger partial charge in [0.15, 0.2) is 0 Å². The summed E-state index contributed by atoms with van der Waals surface area (Å²) in [4.78, 5) is 22.0. The van der Waals surface area contributed by atoms with Crippen LogP contribution in [-0.4, -0.2) is 26.8 Å². The van der Waals surface area contributed by atoms with Crippen molar-refractivity contribution in [2.45, 2.75) is 77.0 Å². The van der Waals surface area contributed by atoms with E-state index in [-0.39, 0.29) is 0 Å². The first kappa shape index (κ1) is 24.3. The van der Waals surface area contributed by atoms with Crippen molar-refractivity contribution in [2.24, 2.45) is 0 Å². The summed E-state index contributed by atoms with van der Waals surface area (Å²) in [5.74, 6) is 0.515. The summed E-state index contributed by atoms with van der Waals surface area (Å²) in [6.45, 7) is 4.29. The second-order valence-electron chi connectivity index (χ2n) is 7.04. The number of rotatable bonds is 17. The molecule has 0 saturated heterocycles. The van der Waals surface area contributed by atoms with Gasteiger partial charge in [-0.05, 0) is 18.6 Å². The molecule has 0 fully saturated rings. The van der Waals surface area contributed by atoms with Gasteiger partial charge >= 0.3 is 5.97 Å². The Morgan fingerprint density at radius 3 is 1.68 bits per heavy atom. The Hall–Kier alpha value is -1.75. The van der Waals surface area contributed by atoms with Crippen LogP contribution < -0.4 is 9.47 Å². The highest BCUT2D eigenvalue weighted by Crippen LogP contribution is 2.23. The first-order valence-electron chi connectivity index (χ1n) is 10.6. The molecule has 0 atom stereocenters. The van der Waals surface area contributed by atoms with Crippen molar-refractivity contribution in [3.8, 4) is 11.5 Å². The van der Waals surface area contributed by atoms with Crippen LogP contribution >= 0.6 is 0 Å². The van der Waals surface area contributed by atoms with Crippen LogP contribution in [0, 0.1) is 6.92 Å². The van der Waals surface area contributed by atoms with Crippen molar-refractivity contribution in [3.05, 3.63) is 30.7 Å². The summed E-state index contributed by atoms with van der Waals surface area (Å²) in [7, 11) is 3.07. The largest absolute Gasteiger partial charge is 0.497 e. The lowest BCUT2D eigenvalue weighted by Crippen LogP contribution is -2.07. The number of carbonyl (C=O) groups excluding carboxylic acids is 1. The van der Waals surface area contributed by atoms with Crippen molar-refractivity contribution in [3.63, 3.8) is 0 Å². The van der Waals surface area contributed by atoms with Gasteiger partial charge in [-0.15, -0.1) is 0 Å². The van der Waals surface area contributed by atoms with E-state index in [0.717, 1.165) is 19.3 Å². The number of hydrogen-bond acceptors (Lipinski definition) is 5. The van der Waals surface area contributed by atoms with E-state index in [2.05, 4.69) is 6.92 Å². The first-order valence-corrected chi connectivity index (χ1v) is 10.6. The number of ether oxygens (including phenoxy) is 2. The Labute approximate surface area is 170 Å². The average Bonchev–Trinajstić information content (AvgIpc) is 2.73. The molecule has 1 rings (SSSR count). The summed E-state index contributed by atoms with van der Waals surface area (Å²) in [5, 5.41) is 0. The molecule has 0 aliphatic rings. The molecule has 5 heteroatoms. The van der Waals surface area contributed by atoms with Crippen molar-refractivity contribution >= 4 is 5.97 Å². The van der Waals surface area contributed by atoms with Crippen LogP contribution in [-0.2, 0) is 9.78 Å². The van der Waals surface area contributed by atoms with E-state index in [1.165, 1.54) is 72.0 Å². The fourth-order valence-corrected chi connectivity index (χ4v) is 3.00. The van der Waals surface area contributed by atoms with E-state index >= 15 is 0 Å². The molecule has 1 aromatic rings. The van der Waals surface area contributed by atoms with E-state index in [9.17, 15) is 4.79 Å². The third-order valence-electron chi connectivity index (χ3n) is 4.70. The predicted octanol–water partition coefficient (Wildman–Crippen LogP) is 6.31. The van der Waals surface area contributed by atoms with Crippen LogP contribution in [0.15, 0.2) is 18.2 Å². The van der Waals surface area contributed by atoms with E-state index in [0.29, 0.717) is 23.7 Å². The zero-order chi connectivity index (χ0) is 20.5. The quantitative estimate of drug-likeness (QED) is 0.176. The minimum Gasteiger partial charge on any atom is -0.497 e. The molecule has 159 valence electrons. The van der Waals surface area contributed by atoms with Gasteiger partial charge in [0, 0.05) is 6.07 Å². The molecule has 0 bridgehead atoms. The molecule has 0 saturated carbocycles. The third-order valence-corrected chi connectivity index (χ3v) is 4.70. The highest BCUT2D eigenvalue weighted by Gasteiger charge is 2.12. The lowest BCUT2D eigenvalue weighted by atomic mass is 10.1. The van der Waals surface area contributed by atoms with E-state index < -0.39 is 5.97 Å². The molecule has 28 heavy (non-hydrogen) atoms. The Balaban J connectivity index is 2.01. The summed E-state index contributed by atoms with van der Waals surface area (Å²) in [6.07, 6.45) is 14.8. The van der Waals surface area contributed by atoms with Gasteiger partial charge in [0.05, 0.1) is 26.4 Å². The number of carbonyl (C=O) groups is 1. The molecule has 0 aromatic heterocycles. The molecule has 0 spiro atoms. The highest BCUT2D eigenvalue weighted by molar-refractivity contribution is 5.90. The lowest BCUT2D eigenvalue weighted by molar-refractivity contribution is -0.241. The van der Waals surface area contributed by atoms with Gasteiger partial charge in [-0.25, -0.2) is 4.79 Å². The molecule has 0 unspecified atom stereocenters. The van der Waals surface area contributed by atoms with Crippen molar-refractivity contribution in [1.82, 2.24) is 0 Å². The molecule has 1 aromatic carbocycles. The van der Waals surface area contributed by atoms with Crippen LogP contribution in [0.2, 0.25) is 0 Å². The molecule has 0 amide bonds. The van der Waals surface area contributed by atoms with Crippen molar-refractivity contribution in [1.29, 1.82) is 0 Å². The molecular formula is C23H37O5. The van der Waals surface area contributed by atoms with Gasteiger partial charge < -0.3 is 9.47 Å². The highest BCUT2D eigenvalue weighted by atomic mass is 17.2. The standard InChI is InChI=1S/C23H37O5/c1-4-5-6-7-8-9-10-11-12-13-14-15-16-27-28-23(24)20-17-21(25-2)19-22(18-20)26-3/h17-19H,1,4-16H2,2-3H3. The fourth-order valence-electron chi connectivity index (χ4n) is 3.00. The molecule has 1 radical (unpaired) electrons. The van der Waals surface area contributed by atoms with Crippen molar-refractivity contribution in [2.75, 3.05) is 20.8 Å². The fraction of sp³-hybridized carbons (Fsp3) is 0.652. The Morgan fingerprint density at radius 1 is 0.750 bits per heavy atom. The smallest absolute Gasteiger partial charge is 0.373 e. The van der Waals surface area contributed by atoms with Gasteiger partial charge in [0.2, 0.25) is 0 Å². The van der Waals surface area contributed by atoms with Gasteiger partial charge in [0.25, 0.3) is 0 Å². The van der Waals surface area contributed by atoms with E-state index in [1.54, 1.807) is 18.2 Å². The topological polar surface area (TPSA) is 54.0 Å². The van der Waals surface area contributed by atoms with Crippen molar-refractivity contribution < 1.29 is 24.0 Å².